The first kappa shape index (κ1) is 10.3. The minimum Gasteiger partial charge on any atom is -0.236 e. The van der Waals surface area contributed by atoms with Gasteiger partial charge < -0.3 is 0 Å². The van der Waals surface area contributed by atoms with E-state index in [0.29, 0.717) is 13.1 Å². The molecule has 2 rings (SSSR count). The van der Waals surface area contributed by atoms with Gasteiger partial charge in [0.15, 0.2) is 0 Å². The minimum absolute atomic E-state index is 0.0156. The summed E-state index contributed by atoms with van der Waals surface area (Å²) in [5.74, 6) is 0. The van der Waals surface area contributed by atoms with E-state index in [1.807, 2.05) is 0 Å². The highest BCUT2D eigenvalue weighted by Gasteiger charge is 2.47. The van der Waals surface area contributed by atoms with Crippen LogP contribution in [0.2, 0.25) is 0 Å². The van der Waals surface area contributed by atoms with Crippen molar-refractivity contribution < 1.29 is 0 Å². The largest absolute Gasteiger partial charge is 0.236 e. The molecule has 0 N–H and O–H groups in total. The predicted molar refractivity (Wildman–Crippen MR) is 55.4 cm³/mol. The molecule has 6 heteroatoms. The van der Waals surface area contributed by atoms with Crippen LogP contribution < -0.4 is 0 Å². The third-order valence-corrected chi connectivity index (χ3v) is 3.67. The van der Waals surface area contributed by atoms with Crippen LogP contribution in [0.1, 0.15) is 32.6 Å². The van der Waals surface area contributed by atoms with E-state index in [2.05, 4.69) is 17.5 Å². The van der Waals surface area contributed by atoms with E-state index in [-0.39, 0.29) is 11.6 Å². The Bertz CT molecular complexity index is 249. The molecule has 0 unspecified atom stereocenters. The van der Waals surface area contributed by atoms with Crippen molar-refractivity contribution in [1.82, 2.24) is 10.0 Å². The summed E-state index contributed by atoms with van der Waals surface area (Å²) in [5.41, 5.74) is -0.0156. The van der Waals surface area contributed by atoms with Crippen LogP contribution in [0.25, 0.3) is 0 Å². The second kappa shape index (κ2) is 3.75. The molecule has 0 amide bonds. The number of nitrogens with zero attached hydrogens (tertiary/aromatic N) is 4. The maximum absolute atomic E-state index is 10.7. The maximum Gasteiger partial charge on any atom is 0.145 e. The van der Waals surface area contributed by atoms with Crippen LogP contribution in [0.5, 0.6) is 0 Å². The molecule has 0 atom stereocenters. The number of rotatable bonds is 2. The first-order valence-corrected chi connectivity index (χ1v) is 5.41. The maximum atomic E-state index is 10.7. The van der Waals surface area contributed by atoms with Gasteiger partial charge in [-0.15, -0.1) is 9.81 Å². The quantitative estimate of drug-likeness (QED) is 0.655. The normalized spacial score (nSPS) is 35.9. The van der Waals surface area contributed by atoms with Crippen molar-refractivity contribution in [3.05, 3.63) is 9.81 Å². The monoisotopic (exact) mass is 212 g/mol. The number of piperidine rings is 2. The van der Waals surface area contributed by atoms with Gasteiger partial charge in [0.25, 0.3) is 0 Å². The fourth-order valence-corrected chi connectivity index (χ4v) is 2.96. The van der Waals surface area contributed by atoms with Gasteiger partial charge in [0.2, 0.25) is 0 Å². The molecular formula is C9H16N4O2. The molecule has 0 aliphatic carbocycles. The fourth-order valence-electron chi connectivity index (χ4n) is 2.96. The summed E-state index contributed by atoms with van der Waals surface area (Å²) in [6.07, 6.45) is 3.78. The van der Waals surface area contributed by atoms with E-state index in [4.69, 9.17) is 0 Å². The van der Waals surface area contributed by atoms with Crippen LogP contribution in [-0.2, 0) is 0 Å². The summed E-state index contributed by atoms with van der Waals surface area (Å²) < 4.78 is 0. The van der Waals surface area contributed by atoms with Gasteiger partial charge in [-0.1, -0.05) is 6.92 Å². The molecule has 0 radical (unpaired) electrons. The summed E-state index contributed by atoms with van der Waals surface area (Å²) in [6, 6.07) is 0. The Balaban J connectivity index is 2.27. The molecule has 84 valence electrons. The summed E-state index contributed by atoms with van der Waals surface area (Å²) in [5, 5.41) is 8.99. The average Bonchev–Trinajstić information content (AvgIpc) is 2.26. The lowest BCUT2D eigenvalue weighted by molar-refractivity contribution is -0.105. The van der Waals surface area contributed by atoms with Crippen LogP contribution in [0, 0.1) is 15.2 Å². The lowest BCUT2D eigenvalue weighted by Crippen LogP contribution is -2.59. The van der Waals surface area contributed by atoms with Crippen LogP contribution in [0.15, 0.2) is 10.6 Å². The van der Waals surface area contributed by atoms with Crippen molar-refractivity contribution in [2.45, 2.75) is 38.8 Å². The molecule has 2 aliphatic rings. The average molecular weight is 212 g/mol. The van der Waals surface area contributed by atoms with Crippen molar-refractivity contribution >= 4 is 0 Å². The van der Waals surface area contributed by atoms with Crippen molar-refractivity contribution in [1.29, 1.82) is 0 Å². The van der Waals surface area contributed by atoms with Crippen molar-refractivity contribution in [3.63, 3.8) is 0 Å². The standard InChI is InChI=1S/C9H16N4O2/c1-9-4-2-6-12(10-14)8(9)13(11-15)7-3-5-9/h8H,2-7H2,1H3. The Labute approximate surface area is 88.5 Å². The van der Waals surface area contributed by atoms with E-state index >= 15 is 0 Å². The lowest BCUT2D eigenvalue weighted by atomic mass is 9.73. The molecule has 0 aromatic heterocycles. The minimum atomic E-state index is -0.227. The molecule has 2 saturated heterocycles. The zero-order chi connectivity index (χ0) is 10.9. The third kappa shape index (κ3) is 1.57. The van der Waals surface area contributed by atoms with Crippen LogP contribution >= 0.6 is 0 Å². The van der Waals surface area contributed by atoms with Gasteiger partial charge in [-0.05, 0) is 25.7 Å². The van der Waals surface area contributed by atoms with E-state index < -0.39 is 0 Å². The van der Waals surface area contributed by atoms with Gasteiger partial charge in [0.05, 0.1) is 10.6 Å². The Morgan fingerprint density at radius 1 is 1.07 bits per heavy atom. The van der Waals surface area contributed by atoms with Gasteiger partial charge in [-0.25, -0.2) is 10.0 Å². The van der Waals surface area contributed by atoms with Crippen LogP contribution in [0.4, 0.5) is 0 Å². The smallest absolute Gasteiger partial charge is 0.145 e. The summed E-state index contributed by atoms with van der Waals surface area (Å²) in [7, 11) is 0. The SMILES string of the molecule is CC12CCCN(N=O)C1N(N=O)CCC2. The van der Waals surface area contributed by atoms with E-state index in [0.717, 1.165) is 25.7 Å². The van der Waals surface area contributed by atoms with Crippen molar-refractivity contribution in [3.8, 4) is 0 Å². The fraction of sp³-hybridized carbons (Fsp3) is 1.00. The Morgan fingerprint density at radius 2 is 1.53 bits per heavy atom. The van der Waals surface area contributed by atoms with Crippen LogP contribution in [-0.4, -0.2) is 29.3 Å². The summed E-state index contributed by atoms with van der Waals surface area (Å²) in [4.78, 5) is 21.4. The molecule has 0 spiro atoms. The highest BCUT2D eigenvalue weighted by Crippen LogP contribution is 2.44. The van der Waals surface area contributed by atoms with Crippen molar-refractivity contribution in [2.75, 3.05) is 13.1 Å². The lowest BCUT2D eigenvalue weighted by Gasteiger charge is -2.51. The molecule has 2 heterocycles. The van der Waals surface area contributed by atoms with Gasteiger partial charge in [0, 0.05) is 18.5 Å². The van der Waals surface area contributed by atoms with Crippen molar-refractivity contribution in [2.24, 2.45) is 16.0 Å². The number of hydrogen-bond donors (Lipinski definition) is 0. The molecule has 6 nitrogen and oxygen atoms in total. The number of fused-ring (bicyclic) bond motifs is 1. The Morgan fingerprint density at radius 3 is 1.93 bits per heavy atom. The van der Waals surface area contributed by atoms with Gasteiger partial charge in [0.1, 0.15) is 6.17 Å². The summed E-state index contributed by atoms with van der Waals surface area (Å²) >= 11 is 0. The summed E-state index contributed by atoms with van der Waals surface area (Å²) in [6.45, 7) is 3.39. The van der Waals surface area contributed by atoms with E-state index in [1.54, 1.807) is 0 Å². The van der Waals surface area contributed by atoms with Gasteiger partial charge in [-0.3, -0.25) is 0 Å². The van der Waals surface area contributed by atoms with Gasteiger partial charge >= 0.3 is 0 Å². The Hall–Kier alpha value is -1.20. The third-order valence-electron chi connectivity index (χ3n) is 3.67. The number of nitroso groups, excluding NO2 is 2. The molecule has 0 saturated carbocycles. The molecule has 0 bridgehead atoms. The Kier molecular flexibility index (Phi) is 2.58. The molecule has 0 aromatic rings. The zero-order valence-corrected chi connectivity index (χ0v) is 8.93. The zero-order valence-electron chi connectivity index (χ0n) is 8.93. The second-order valence-corrected chi connectivity index (χ2v) is 4.72. The van der Waals surface area contributed by atoms with E-state index in [1.165, 1.54) is 10.0 Å². The van der Waals surface area contributed by atoms with E-state index in [9.17, 15) is 9.81 Å². The first-order valence-electron chi connectivity index (χ1n) is 5.41. The predicted octanol–water partition coefficient (Wildman–Crippen LogP) is 1.87. The van der Waals surface area contributed by atoms with Crippen LogP contribution in [0.3, 0.4) is 0 Å². The highest BCUT2D eigenvalue weighted by molar-refractivity contribution is 4.94. The highest BCUT2D eigenvalue weighted by atomic mass is 16.3. The molecule has 15 heavy (non-hydrogen) atoms. The number of hydrogen-bond acceptors (Lipinski definition) is 4. The van der Waals surface area contributed by atoms with Gasteiger partial charge in [-0.2, -0.15) is 0 Å². The molecule has 2 fully saturated rings. The molecule has 0 aromatic carbocycles. The molecular weight excluding hydrogens is 196 g/mol. The second-order valence-electron chi connectivity index (χ2n) is 4.72. The molecule has 2 aliphatic heterocycles. The topological polar surface area (TPSA) is 65.3 Å². The first-order chi connectivity index (χ1) is 7.21.